The first-order valence-electron chi connectivity index (χ1n) is 8.82. The van der Waals surface area contributed by atoms with Crippen LogP contribution in [-0.4, -0.2) is 15.0 Å². The minimum absolute atomic E-state index is 0.120. The van der Waals surface area contributed by atoms with Gasteiger partial charge in [0, 0.05) is 11.7 Å². The maximum absolute atomic E-state index is 13.3. The van der Waals surface area contributed by atoms with Gasteiger partial charge < -0.3 is 5.32 Å². The van der Waals surface area contributed by atoms with Crippen LogP contribution in [0, 0.1) is 5.82 Å². The first-order valence-corrected chi connectivity index (χ1v) is 9.20. The Morgan fingerprint density at radius 1 is 1.21 bits per heavy atom. The number of nitrogens with one attached hydrogen (secondary N) is 1. The number of hydrogen-bond acceptors (Lipinski definition) is 3. The molecule has 0 fully saturated rings. The fourth-order valence-electron chi connectivity index (χ4n) is 2.98. The summed E-state index contributed by atoms with van der Waals surface area (Å²) in [6.07, 6.45) is 0.591. The summed E-state index contributed by atoms with van der Waals surface area (Å²) >= 11 is 5.73. The lowest BCUT2D eigenvalue weighted by Gasteiger charge is -2.17. The molecular formula is C20H19ClFN3O3. The zero-order chi connectivity index (χ0) is 20.4. The molecule has 0 unspecified atom stereocenters. The fraction of sp³-hybridized carbons (Fsp3) is 0.250. The molecule has 3 rings (SSSR count). The molecule has 0 spiro atoms. The van der Waals surface area contributed by atoms with E-state index in [2.05, 4.69) is 5.32 Å². The molecule has 0 aliphatic rings. The number of carbonyl (C=O) groups excluding carboxylic acids is 1. The minimum Gasteiger partial charge on any atom is -0.324 e. The van der Waals surface area contributed by atoms with Crippen molar-refractivity contribution in [1.29, 1.82) is 0 Å². The molecule has 3 aromatic rings. The number of carbonyl (C=O) groups is 1. The van der Waals surface area contributed by atoms with Crippen LogP contribution in [0.5, 0.6) is 0 Å². The summed E-state index contributed by atoms with van der Waals surface area (Å²) in [5.41, 5.74) is -0.240. The molecule has 0 saturated carbocycles. The molecule has 0 radical (unpaired) electrons. The van der Waals surface area contributed by atoms with Crippen molar-refractivity contribution in [2.24, 2.45) is 0 Å². The summed E-state index contributed by atoms with van der Waals surface area (Å²) in [6, 6.07) is 10.2. The smallest absolute Gasteiger partial charge is 0.324 e. The predicted octanol–water partition coefficient (Wildman–Crippen LogP) is 3.57. The van der Waals surface area contributed by atoms with Crippen molar-refractivity contribution in [3.63, 3.8) is 0 Å². The van der Waals surface area contributed by atoms with E-state index in [9.17, 15) is 18.8 Å². The van der Waals surface area contributed by atoms with E-state index in [1.165, 1.54) is 21.3 Å². The van der Waals surface area contributed by atoms with Crippen LogP contribution in [-0.2, 0) is 11.3 Å². The van der Waals surface area contributed by atoms with Crippen LogP contribution in [0.15, 0.2) is 52.1 Å². The Balaban J connectivity index is 2.04. The molecule has 146 valence electrons. The second-order valence-electron chi connectivity index (χ2n) is 6.50. The van der Waals surface area contributed by atoms with Crippen molar-refractivity contribution in [3.05, 3.63) is 74.1 Å². The van der Waals surface area contributed by atoms with Gasteiger partial charge in [-0.25, -0.2) is 9.18 Å². The highest BCUT2D eigenvalue weighted by atomic mass is 35.5. The first-order chi connectivity index (χ1) is 13.3. The van der Waals surface area contributed by atoms with Gasteiger partial charge in [-0.05, 0) is 43.7 Å². The third kappa shape index (κ3) is 3.71. The van der Waals surface area contributed by atoms with Gasteiger partial charge in [0.1, 0.15) is 12.4 Å². The number of amides is 1. The molecule has 1 atom stereocenters. The largest absolute Gasteiger partial charge is 0.332 e. The van der Waals surface area contributed by atoms with Gasteiger partial charge in [-0.2, -0.15) is 0 Å². The third-order valence-corrected chi connectivity index (χ3v) is 4.91. The van der Waals surface area contributed by atoms with Gasteiger partial charge in [0.2, 0.25) is 5.91 Å². The average molecular weight is 404 g/mol. The summed E-state index contributed by atoms with van der Waals surface area (Å²) in [5.74, 6) is -1.09. The summed E-state index contributed by atoms with van der Waals surface area (Å²) < 4.78 is 15.7. The number of benzene rings is 2. The SMILES string of the molecule is CC[C@H](C)n1c(=O)c2ccccc2n(CC(=O)Nc2ccc(F)c(Cl)c2)c1=O. The van der Waals surface area contributed by atoms with Crippen molar-refractivity contribution in [3.8, 4) is 0 Å². The standard InChI is InChI=1S/C20H19ClFN3O3/c1-3-12(2)25-19(27)14-6-4-5-7-17(14)24(20(25)28)11-18(26)23-13-8-9-16(22)15(21)10-13/h4-10,12H,3,11H2,1-2H3,(H,23,26)/t12-/m0/s1. The summed E-state index contributed by atoms with van der Waals surface area (Å²) in [7, 11) is 0. The van der Waals surface area contributed by atoms with Crippen molar-refractivity contribution in [2.45, 2.75) is 32.9 Å². The molecule has 0 bridgehead atoms. The molecule has 28 heavy (non-hydrogen) atoms. The number of anilines is 1. The van der Waals surface area contributed by atoms with Crippen LogP contribution in [0.2, 0.25) is 5.02 Å². The van der Waals surface area contributed by atoms with Crippen LogP contribution in [0.4, 0.5) is 10.1 Å². The second-order valence-corrected chi connectivity index (χ2v) is 6.90. The van der Waals surface area contributed by atoms with Crippen LogP contribution in [0.25, 0.3) is 10.9 Å². The second kappa shape index (κ2) is 7.98. The Hall–Kier alpha value is -2.93. The third-order valence-electron chi connectivity index (χ3n) is 4.62. The average Bonchev–Trinajstić information content (AvgIpc) is 2.68. The summed E-state index contributed by atoms with van der Waals surface area (Å²) in [5, 5.41) is 2.83. The number of hydrogen-bond donors (Lipinski definition) is 1. The minimum atomic E-state index is -0.595. The Bertz CT molecular complexity index is 1170. The van der Waals surface area contributed by atoms with Gasteiger partial charge >= 0.3 is 5.69 Å². The van der Waals surface area contributed by atoms with Gasteiger partial charge in [-0.1, -0.05) is 30.7 Å². The lowest BCUT2D eigenvalue weighted by atomic mass is 10.2. The monoisotopic (exact) mass is 403 g/mol. The molecule has 2 aromatic carbocycles. The maximum atomic E-state index is 13.3. The molecule has 1 aromatic heterocycles. The molecule has 0 aliphatic heterocycles. The van der Waals surface area contributed by atoms with E-state index < -0.39 is 17.4 Å². The molecule has 1 heterocycles. The van der Waals surface area contributed by atoms with E-state index in [-0.39, 0.29) is 23.2 Å². The number of rotatable bonds is 5. The lowest BCUT2D eigenvalue weighted by molar-refractivity contribution is -0.116. The zero-order valence-electron chi connectivity index (χ0n) is 15.4. The van der Waals surface area contributed by atoms with Gasteiger partial charge in [-0.3, -0.25) is 18.7 Å². The van der Waals surface area contributed by atoms with Crippen molar-refractivity contribution < 1.29 is 9.18 Å². The number of para-hydroxylation sites is 1. The summed E-state index contributed by atoms with van der Waals surface area (Å²) in [4.78, 5) is 38.2. The van der Waals surface area contributed by atoms with E-state index in [0.717, 1.165) is 6.07 Å². The Morgan fingerprint density at radius 3 is 2.61 bits per heavy atom. The molecule has 0 aliphatic carbocycles. The number of fused-ring (bicyclic) bond motifs is 1. The van der Waals surface area contributed by atoms with E-state index in [1.807, 2.05) is 6.92 Å². The zero-order valence-corrected chi connectivity index (χ0v) is 16.2. The molecule has 8 heteroatoms. The highest BCUT2D eigenvalue weighted by Gasteiger charge is 2.18. The Labute approximate surface area is 165 Å². The highest BCUT2D eigenvalue weighted by molar-refractivity contribution is 6.31. The van der Waals surface area contributed by atoms with Gasteiger partial charge in [0.25, 0.3) is 5.56 Å². The van der Waals surface area contributed by atoms with Crippen molar-refractivity contribution >= 4 is 34.1 Å². The van der Waals surface area contributed by atoms with Gasteiger partial charge in [0.15, 0.2) is 0 Å². The predicted molar refractivity (Wildman–Crippen MR) is 108 cm³/mol. The van der Waals surface area contributed by atoms with Gasteiger partial charge in [0.05, 0.1) is 15.9 Å². The van der Waals surface area contributed by atoms with E-state index in [0.29, 0.717) is 23.0 Å². The number of aromatic nitrogens is 2. The lowest BCUT2D eigenvalue weighted by Crippen LogP contribution is -2.43. The fourth-order valence-corrected chi connectivity index (χ4v) is 3.16. The first kappa shape index (κ1) is 19.8. The van der Waals surface area contributed by atoms with E-state index in [4.69, 9.17) is 11.6 Å². The van der Waals surface area contributed by atoms with Crippen molar-refractivity contribution in [1.82, 2.24) is 9.13 Å². The molecule has 0 saturated heterocycles. The van der Waals surface area contributed by atoms with Crippen LogP contribution >= 0.6 is 11.6 Å². The molecule has 1 N–H and O–H groups in total. The molecule has 1 amide bonds. The quantitative estimate of drug-likeness (QED) is 0.707. The van der Waals surface area contributed by atoms with Crippen LogP contribution < -0.4 is 16.6 Å². The normalized spacial score (nSPS) is 12.1. The Morgan fingerprint density at radius 2 is 1.93 bits per heavy atom. The maximum Gasteiger partial charge on any atom is 0.332 e. The van der Waals surface area contributed by atoms with Crippen LogP contribution in [0.3, 0.4) is 0 Å². The highest BCUT2D eigenvalue weighted by Crippen LogP contribution is 2.19. The number of halogens is 2. The van der Waals surface area contributed by atoms with E-state index in [1.54, 1.807) is 31.2 Å². The topological polar surface area (TPSA) is 73.1 Å². The van der Waals surface area contributed by atoms with Crippen molar-refractivity contribution in [2.75, 3.05) is 5.32 Å². The number of nitrogens with zero attached hydrogens (tertiary/aromatic N) is 2. The summed E-state index contributed by atoms with van der Waals surface area (Å²) in [6.45, 7) is 3.36. The Kier molecular flexibility index (Phi) is 5.65. The van der Waals surface area contributed by atoms with Gasteiger partial charge in [-0.15, -0.1) is 0 Å². The van der Waals surface area contributed by atoms with E-state index >= 15 is 0 Å². The van der Waals surface area contributed by atoms with Crippen LogP contribution in [0.1, 0.15) is 26.3 Å². The molecule has 6 nitrogen and oxygen atoms in total. The molecular weight excluding hydrogens is 385 g/mol.